The smallest absolute Gasteiger partial charge is 0.289 e. The van der Waals surface area contributed by atoms with Crippen LogP contribution in [0.5, 0.6) is 0 Å². The average molecular weight is 399 g/mol. The summed E-state index contributed by atoms with van der Waals surface area (Å²) >= 11 is 0. The fourth-order valence-corrected chi connectivity index (χ4v) is 4.29. The molecule has 2 amide bonds. The Morgan fingerprint density at radius 3 is 2.28 bits per heavy atom. The van der Waals surface area contributed by atoms with Crippen LogP contribution in [-0.4, -0.2) is 53.8 Å². The highest BCUT2D eigenvalue weighted by molar-refractivity contribution is 5.92. The molecule has 0 bridgehead atoms. The summed E-state index contributed by atoms with van der Waals surface area (Å²) in [6.07, 6.45) is 5.05. The van der Waals surface area contributed by atoms with Crippen molar-refractivity contribution >= 4 is 17.5 Å². The van der Waals surface area contributed by atoms with Crippen LogP contribution in [0.25, 0.3) is 0 Å². The first-order valence-electron chi connectivity index (χ1n) is 10.2. The maximum atomic E-state index is 13.0. The minimum atomic E-state index is -0.312. The van der Waals surface area contributed by atoms with E-state index in [-0.39, 0.29) is 23.5 Å². The van der Waals surface area contributed by atoms with Gasteiger partial charge in [0.05, 0.1) is 6.26 Å². The molecule has 6 nitrogen and oxygen atoms in total. The summed E-state index contributed by atoms with van der Waals surface area (Å²) < 4.78 is 18.2. The number of furan rings is 1. The molecule has 0 spiro atoms. The van der Waals surface area contributed by atoms with E-state index in [0.717, 1.165) is 51.9 Å². The SMILES string of the molecule is O=C(Nc1ccc(F)cc1)C1CCN(C2CCN(C(=O)c3ccco3)CC2)CC1. The van der Waals surface area contributed by atoms with Gasteiger partial charge in [0.2, 0.25) is 5.91 Å². The molecule has 3 heterocycles. The Kier molecular flexibility index (Phi) is 5.94. The van der Waals surface area contributed by atoms with Crippen LogP contribution in [-0.2, 0) is 4.79 Å². The number of hydrogen-bond donors (Lipinski definition) is 1. The number of nitrogens with zero attached hydrogens (tertiary/aromatic N) is 2. The fraction of sp³-hybridized carbons (Fsp3) is 0.455. The summed E-state index contributed by atoms with van der Waals surface area (Å²) in [7, 11) is 0. The quantitative estimate of drug-likeness (QED) is 0.856. The van der Waals surface area contributed by atoms with E-state index >= 15 is 0 Å². The molecule has 0 unspecified atom stereocenters. The summed E-state index contributed by atoms with van der Waals surface area (Å²) in [6.45, 7) is 3.24. The second-order valence-electron chi connectivity index (χ2n) is 7.81. The van der Waals surface area contributed by atoms with E-state index in [2.05, 4.69) is 10.2 Å². The number of likely N-dealkylation sites (tertiary alicyclic amines) is 2. The Labute approximate surface area is 169 Å². The van der Waals surface area contributed by atoms with Crippen molar-refractivity contribution in [2.75, 3.05) is 31.5 Å². The van der Waals surface area contributed by atoms with Gasteiger partial charge < -0.3 is 19.5 Å². The van der Waals surface area contributed by atoms with Gasteiger partial charge >= 0.3 is 0 Å². The van der Waals surface area contributed by atoms with Crippen LogP contribution >= 0.6 is 0 Å². The zero-order chi connectivity index (χ0) is 20.2. The Hall–Kier alpha value is -2.67. The third kappa shape index (κ3) is 4.67. The van der Waals surface area contributed by atoms with Gasteiger partial charge in [-0.3, -0.25) is 9.59 Å². The molecule has 2 aliphatic rings. The Morgan fingerprint density at radius 2 is 1.66 bits per heavy atom. The molecular formula is C22H26FN3O3. The van der Waals surface area contributed by atoms with Gasteiger partial charge in [0.25, 0.3) is 5.91 Å². The van der Waals surface area contributed by atoms with Crippen molar-refractivity contribution in [1.29, 1.82) is 0 Å². The molecule has 1 aromatic carbocycles. The van der Waals surface area contributed by atoms with Gasteiger partial charge in [-0.2, -0.15) is 0 Å². The molecule has 2 aromatic rings. The first-order valence-corrected chi connectivity index (χ1v) is 10.2. The van der Waals surface area contributed by atoms with Crippen molar-refractivity contribution in [1.82, 2.24) is 9.80 Å². The Bertz CT molecular complexity index is 821. The van der Waals surface area contributed by atoms with Crippen LogP contribution in [0.1, 0.15) is 36.2 Å². The van der Waals surface area contributed by atoms with Gasteiger partial charge in [0.15, 0.2) is 5.76 Å². The van der Waals surface area contributed by atoms with E-state index < -0.39 is 0 Å². The van der Waals surface area contributed by atoms with E-state index in [1.165, 1.54) is 18.4 Å². The summed E-state index contributed by atoms with van der Waals surface area (Å²) in [5.41, 5.74) is 0.632. The van der Waals surface area contributed by atoms with E-state index in [4.69, 9.17) is 4.42 Å². The summed E-state index contributed by atoms with van der Waals surface area (Å²) in [5.74, 6) is 0.0429. The van der Waals surface area contributed by atoms with E-state index in [0.29, 0.717) is 17.5 Å². The molecule has 2 fully saturated rings. The lowest BCUT2D eigenvalue weighted by Crippen LogP contribution is -2.49. The molecule has 0 radical (unpaired) electrons. The molecule has 0 saturated carbocycles. The molecule has 0 atom stereocenters. The number of hydrogen-bond acceptors (Lipinski definition) is 4. The maximum Gasteiger partial charge on any atom is 0.289 e. The van der Waals surface area contributed by atoms with Crippen LogP contribution in [0.4, 0.5) is 10.1 Å². The molecule has 1 N–H and O–H groups in total. The van der Waals surface area contributed by atoms with Gasteiger partial charge in [0.1, 0.15) is 5.82 Å². The number of carbonyl (C=O) groups excluding carboxylic acids is 2. The number of carbonyl (C=O) groups is 2. The van der Waals surface area contributed by atoms with Crippen molar-refractivity contribution in [3.8, 4) is 0 Å². The highest BCUT2D eigenvalue weighted by Crippen LogP contribution is 2.25. The van der Waals surface area contributed by atoms with Gasteiger partial charge in [-0.25, -0.2) is 4.39 Å². The molecule has 154 valence electrons. The van der Waals surface area contributed by atoms with Crippen molar-refractivity contribution in [2.24, 2.45) is 5.92 Å². The lowest BCUT2D eigenvalue weighted by Gasteiger charge is -2.41. The second-order valence-corrected chi connectivity index (χ2v) is 7.81. The normalized spacial score (nSPS) is 19.3. The van der Waals surface area contributed by atoms with Crippen molar-refractivity contribution in [3.63, 3.8) is 0 Å². The van der Waals surface area contributed by atoms with E-state index in [9.17, 15) is 14.0 Å². The Balaban J connectivity index is 1.22. The largest absolute Gasteiger partial charge is 0.459 e. The number of anilines is 1. The summed E-state index contributed by atoms with van der Waals surface area (Å²) in [6, 6.07) is 9.76. The summed E-state index contributed by atoms with van der Waals surface area (Å²) in [5, 5.41) is 2.89. The topological polar surface area (TPSA) is 65.8 Å². The van der Waals surface area contributed by atoms with Crippen LogP contribution in [0.15, 0.2) is 47.1 Å². The monoisotopic (exact) mass is 399 g/mol. The van der Waals surface area contributed by atoms with Crippen molar-refractivity contribution in [2.45, 2.75) is 31.7 Å². The molecule has 7 heteroatoms. The van der Waals surface area contributed by atoms with Gasteiger partial charge in [-0.05, 0) is 75.2 Å². The van der Waals surface area contributed by atoms with Crippen molar-refractivity contribution < 1.29 is 18.4 Å². The molecule has 4 rings (SSSR count). The molecule has 2 saturated heterocycles. The number of piperidine rings is 2. The highest BCUT2D eigenvalue weighted by atomic mass is 19.1. The Morgan fingerprint density at radius 1 is 0.966 bits per heavy atom. The maximum absolute atomic E-state index is 13.0. The van der Waals surface area contributed by atoms with E-state index in [1.54, 1.807) is 24.3 Å². The number of halogens is 1. The second kappa shape index (κ2) is 8.78. The number of benzene rings is 1. The lowest BCUT2D eigenvalue weighted by molar-refractivity contribution is -0.121. The van der Waals surface area contributed by atoms with Crippen LogP contribution in [0.2, 0.25) is 0 Å². The predicted octanol–water partition coefficient (Wildman–Crippen LogP) is 3.37. The van der Waals surface area contributed by atoms with Crippen LogP contribution < -0.4 is 5.32 Å². The third-order valence-electron chi connectivity index (χ3n) is 6.01. The van der Waals surface area contributed by atoms with Gasteiger partial charge in [-0.15, -0.1) is 0 Å². The lowest BCUT2D eigenvalue weighted by atomic mass is 9.92. The molecule has 2 aliphatic heterocycles. The predicted molar refractivity (Wildman–Crippen MR) is 107 cm³/mol. The van der Waals surface area contributed by atoms with Crippen molar-refractivity contribution in [3.05, 3.63) is 54.2 Å². The molecule has 1 aromatic heterocycles. The van der Waals surface area contributed by atoms with E-state index in [1.807, 2.05) is 4.90 Å². The standard InChI is InChI=1S/C22H26FN3O3/c23-17-3-5-18(6-4-17)24-21(27)16-7-11-25(12-8-16)19-9-13-26(14-10-19)22(28)20-2-1-15-29-20/h1-6,15-16,19H,7-14H2,(H,24,27). The zero-order valence-corrected chi connectivity index (χ0v) is 16.4. The molecule has 0 aliphatic carbocycles. The van der Waals surface area contributed by atoms with Gasteiger partial charge in [-0.1, -0.05) is 0 Å². The minimum absolute atomic E-state index is 0.00937. The highest BCUT2D eigenvalue weighted by Gasteiger charge is 2.32. The summed E-state index contributed by atoms with van der Waals surface area (Å²) in [4.78, 5) is 29.2. The minimum Gasteiger partial charge on any atom is -0.459 e. The fourth-order valence-electron chi connectivity index (χ4n) is 4.29. The van der Waals surface area contributed by atoms with Gasteiger partial charge in [0, 0.05) is 30.7 Å². The average Bonchev–Trinajstić information content (AvgIpc) is 3.30. The number of nitrogens with one attached hydrogen (secondary N) is 1. The number of rotatable bonds is 4. The molecule has 29 heavy (non-hydrogen) atoms. The zero-order valence-electron chi connectivity index (χ0n) is 16.4. The first kappa shape index (κ1) is 19.6. The number of amides is 2. The van der Waals surface area contributed by atoms with Crippen LogP contribution in [0.3, 0.4) is 0 Å². The van der Waals surface area contributed by atoms with Crippen LogP contribution in [0, 0.1) is 11.7 Å². The molecular weight excluding hydrogens is 373 g/mol. The first-order chi connectivity index (χ1) is 14.1. The third-order valence-corrected chi connectivity index (χ3v) is 6.01.